The average Bonchev–Trinajstić information content (AvgIpc) is 2.71. The molecule has 2 aliphatic heterocycles. The molecule has 4 heteroatoms. The van der Waals surface area contributed by atoms with Gasteiger partial charge < -0.3 is 15.3 Å². The van der Waals surface area contributed by atoms with Crippen molar-refractivity contribution in [2.75, 3.05) is 19.6 Å². The molecule has 2 N–H and O–H groups in total. The summed E-state index contributed by atoms with van der Waals surface area (Å²) in [6.07, 6.45) is 6.23. The van der Waals surface area contributed by atoms with Crippen LogP contribution in [0.25, 0.3) is 0 Å². The molecule has 2 saturated heterocycles. The Morgan fingerprint density at radius 1 is 1.38 bits per heavy atom. The number of carboxylic acids is 1. The van der Waals surface area contributed by atoms with Crippen LogP contribution in [0.15, 0.2) is 0 Å². The van der Waals surface area contributed by atoms with Gasteiger partial charge >= 0.3 is 5.97 Å². The third-order valence-corrected chi connectivity index (χ3v) is 3.82. The van der Waals surface area contributed by atoms with Crippen LogP contribution in [0, 0.1) is 0 Å². The molecule has 0 aromatic heterocycles. The van der Waals surface area contributed by atoms with Gasteiger partial charge in [-0.1, -0.05) is 0 Å². The van der Waals surface area contributed by atoms with Crippen molar-refractivity contribution < 1.29 is 9.90 Å². The second-order valence-corrected chi connectivity index (χ2v) is 5.00. The van der Waals surface area contributed by atoms with Crippen LogP contribution in [0.5, 0.6) is 0 Å². The second kappa shape index (κ2) is 5.64. The third-order valence-electron chi connectivity index (χ3n) is 3.82. The molecule has 2 rings (SSSR count). The van der Waals surface area contributed by atoms with Crippen molar-refractivity contribution in [3.05, 3.63) is 0 Å². The smallest absolute Gasteiger partial charge is 0.303 e. The molecule has 0 bridgehead atoms. The summed E-state index contributed by atoms with van der Waals surface area (Å²) in [5.74, 6) is -0.688. The quantitative estimate of drug-likeness (QED) is 0.688. The number of piperidine rings is 1. The van der Waals surface area contributed by atoms with Gasteiger partial charge in [0.05, 0.1) is 0 Å². The van der Waals surface area contributed by atoms with Gasteiger partial charge in [0.1, 0.15) is 0 Å². The number of rotatable bonds is 5. The molecule has 0 radical (unpaired) electrons. The molecule has 2 unspecified atom stereocenters. The number of nitrogens with zero attached hydrogens (tertiary/aromatic N) is 1. The maximum absolute atomic E-state index is 10.4. The van der Waals surface area contributed by atoms with E-state index in [2.05, 4.69) is 10.2 Å². The first-order valence-electron chi connectivity index (χ1n) is 6.45. The van der Waals surface area contributed by atoms with Crippen molar-refractivity contribution >= 4 is 5.97 Å². The van der Waals surface area contributed by atoms with Gasteiger partial charge in [-0.15, -0.1) is 0 Å². The van der Waals surface area contributed by atoms with E-state index in [0.717, 1.165) is 19.0 Å². The van der Waals surface area contributed by atoms with Crippen molar-refractivity contribution in [2.45, 2.75) is 50.6 Å². The van der Waals surface area contributed by atoms with Gasteiger partial charge in [-0.05, 0) is 51.7 Å². The summed E-state index contributed by atoms with van der Waals surface area (Å²) < 4.78 is 0. The number of fused-ring (bicyclic) bond motifs is 1. The highest BCUT2D eigenvalue weighted by Gasteiger charge is 2.31. The number of carboxylic acid groups (broad SMARTS) is 1. The van der Waals surface area contributed by atoms with Crippen LogP contribution in [-0.2, 0) is 4.79 Å². The van der Waals surface area contributed by atoms with Gasteiger partial charge in [-0.25, -0.2) is 0 Å². The highest BCUT2D eigenvalue weighted by Crippen LogP contribution is 2.26. The summed E-state index contributed by atoms with van der Waals surface area (Å²) in [4.78, 5) is 13.0. The molecule has 2 heterocycles. The van der Waals surface area contributed by atoms with Crippen molar-refractivity contribution in [1.82, 2.24) is 10.2 Å². The Morgan fingerprint density at radius 2 is 2.25 bits per heavy atom. The Kier molecular flexibility index (Phi) is 4.18. The number of hydrogen-bond donors (Lipinski definition) is 2. The molecule has 2 fully saturated rings. The molecule has 0 aromatic rings. The lowest BCUT2D eigenvalue weighted by Gasteiger charge is -2.35. The molecule has 0 aromatic carbocycles. The first-order chi connectivity index (χ1) is 7.75. The van der Waals surface area contributed by atoms with Crippen LogP contribution in [0.3, 0.4) is 0 Å². The normalized spacial score (nSPS) is 30.2. The van der Waals surface area contributed by atoms with Crippen molar-refractivity contribution in [2.24, 2.45) is 0 Å². The van der Waals surface area contributed by atoms with E-state index in [1.54, 1.807) is 0 Å². The van der Waals surface area contributed by atoms with Crippen LogP contribution in [0.1, 0.15) is 38.5 Å². The Labute approximate surface area is 97.0 Å². The highest BCUT2D eigenvalue weighted by atomic mass is 16.4. The molecule has 92 valence electrons. The Hall–Kier alpha value is -0.610. The maximum Gasteiger partial charge on any atom is 0.303 e. The molecule has 0 aliphatic carbocycles. The summed E-state index contributed by atoms with van der Waals surface area (Å²) in [7, 11) is 0. The molecule has 2 atom stereocenters. The van der Waals surface area contributed by atoms with E-state index in [9.17, 15) is 4.79 Å². The number of hydrogen-bond acceptors (Lipinski definition) is 3. The van der Waals surface area contributed by atoms with E-state index in [4.69, 9.17) is 5.11 Å². The Bertz CT molecular complexity index is 245. The molecular formula is C12H22N2O2. The largest absolute Gasteiger partial charge is 0.481 e. The van der Waals surface area contributed by atoms with E-state index in [0.29, 0.717) is 6.04 Å². The standard InChI is InChI=1S/C12H22N2O2/c15-12(16)4-1-6-13-10-5-8-14-7-2-3-11(14)9-10/h10-11,13H,1-9H2,(H,15,16). The van der Waals surface area contributed by atoms with Crippen molar-refractivity contribution in [3.63, 3.8) is 0 Å². The van der Waals surface area contributed by atoms with Crippen molar-refractivity contribution in [3.8, 4) is 0 Å². The van der Waals surface area contributed by atoms with Gasteiger partial charge in [0, 0.05) is 18.5 Å². The molecule has 2 aliphatic rings. The zero-order chi connectivity index (χ0) is 11.4. The van der Waals surface area contributed by atoms with Crippen LogP contribution in [-0.4, -0.2) is 47.7 Å². The molecule has 4 nitrogen and oxygen atoms in total. The summed E-state index contributed by atoms with van der Waals surface area (Å²) in [5, 5.41) is 12.0. The van der Waals surface area contributed by atoms with Crippen LogP contribution in [0.4, 0.5) is 0 Å². The minimum absolute atomic E-state index is 0.287. The lowest BCUT2D eigenvalue weighted by Crippen LogP contribution is -2.45. The lowest BCUT2D eigenvalue weighted by atomic mass is 9.97. The summed E-state index contributed by atoms with van der Waals surface area (Å²) in [6, 6.07) is 1.42. The monoisotopic (exact) mass is 226 g/mol. The molecule has 0 saturated carbocycles. The van der Waals surface area contributed by atoms with Gasteiger partial charge in [-0.3, -0.25) is 4.79 Å². The SMILES string of the molecule is O=C(O)CCCNC1CCN2CCCC2C1. The lowest BCUT2D eigenvalue weighted by molar-refractivity contribution is -0.137. The average molecular weight is 226 g/mol. The molecular weight excluding hydrogens is 204 g/mol. The first-order valence-corrected chi connectivity index (χ1v) is 6.45. The number of aliphatic carboxylic acids is 1. The summed E-state index contributed by atoms with van der Waals surface area (Å²) in [5.41, 5.74) is 0. The van der Waals surface area contributed by atoms with E-state index >= 15 is 0 Å². The number of carbonyl (C=O) groups is 1. The molecule has 0 spiro atoms. The Balaban J connectivity index is 1.62. The van der Waals surface area contributed by atoms with Crippen LogP contribution in [0.2, 0.25) is 0 Å². The number of nitrogens with one attached hydrogen (secondary N) is 1. The first kappa shape index (κ1) is 11.9. The zero-order valence-electron chi connectivity index (χ0n) is 9.82. The summed E-state index contributed by atoms with van der Waals surface area (Å²) >= 11 is 0. The molecule has 16 heavy (non-hydrogen) atoms. The Morgan fingerprint density at radius 3 is 3.06 bits per heavy atom. The van der Waals surface area contributed by atoms with E-state index < -0.39 is 5.97 Å². The highest BCUT2D eigenvalue weighted by molar-refractivity contribution is 5.66. The minimum atomic E-state index is -0.688. The minimum Gasteiger partial charge on any atom is -0.481 e. The fourth-order valence-electron chi connectivity index (χ4n) is 2.96. The van der Waals surface area contributed by atoms with Gasteiger partial charge in [0.2, 0.25) is 0 Å². The van der Waals surface area contributed by atoms with Gasteiger partial charge in [0.15, 0.2) is 0 Å². The summed E-state index contributed by atoms with van der Waals surface area (Å²) in [6.45, 7) is 3.36. The molecule has 0 amide bonds. The zero-order valence-corrected chi connectivity index (χ0v) is 9.82. The van der Waals surface area contributed by atoms with Crippen molar-refractivity contribution in [1.29, 1.82) is 0 Å². The maximum atomic E-state index is 10.4. The predicted octanol–water partition coefficient (Wildman–Crippen LogP) is 1.07. The fraction of sp³-hybridized carbons (Fsp3) is 0.917. The topological polar surface area (TPSA) is 52.6 Å². The van der Waals surface area contributed by atoms with E-state index in [-0.39, 0.29) is 6.42 Å². The van der Waals surface area contributed by atoms with Gasteiger partial charge in [-0.2, -0.15) is 0 Å². The third kappa shape index (κ3) is 3.19. The van der Waals surface area contributed by atoms with Crippen LogP contribution >= 0.6 is 0 Å². The second-order valence-electron chi connectivity index (χ2n) is 5.00. The predicted molar refractivity (Wildman–Crippen MR) is 62.5 cm³/mol. The van der Waals surface area contributed by atoms with Crippen LogP contribution < -0.4 is 5.32 Å². The van der Waals surface area contributed by atoms with Gasteiger partial charge in [0.25, 0.3) is 0 Å². The van der Waals surface area contributed by atoms with E-state index in [1.165, 1.54) is 38.8 Å². The fourth-order valence-corrected chi connectivity index (χ4v) is 2.96. The van der Waals surface area contributed by atoms with E-state index in [1.807, 2.05) is 0 Å².